The van der Waals surface area contributed by atoms with Gasteiger partial charge in [-0.2, -0.15) is 4.98 Å². The minimum atomic E-state index is -0.906. The molecule has 4 rings (SSSR count). The van der Waals surface area contributed by atoms with Crippen molar-refractivity contribution in [2.24, 2.45) is 0 Å². The predicted molar refractivity (Wildman–Crippen MR) is 121 cm³/mol. The molecule has 1 amide bonds. The molecular formula is C24H34N4O4. The molecule has 0 aliphatic carbocycles. The van der Waals surface area contributed by atoms with E-state index in [1.807, 2.05) is 56.6 Å². The Morgan fingerprint density at radius 3 is 2.56 bits per heavy atom. The van der Waals surface area contributed by atoms with Crippen LogP contribution in [0, 0.1) is 0 Å². The highest BCUT2D eigenvalue weighted by Gasteiger charge is 2.31. The zero-order valence-electron chi connectivity index (χ0n) is 19.7. The third-order valence-electron chi connectivity index (χ3n) is 6.09. The van der Waals surface area contributed by atoms with Gasteiger partial charge in [-0.25, -0.2) is 0 Å². The minimum Gasteiger partial charge on any atom is -0.356 e. The van der Waals surface area contributed by atoms with Gasteiger partial charge in [-0.15, -0.1) is 0 Å². The first-order valence-electron chi connectivity index (χ1n) is 11.5. The van der Waals surface area contributed by atoms with Crippen molar-refractivity contribution in [1.82, 2.24) is 15.0 Å². The fraction of sp³-hybridized carbons (Fsp3) is 0.625. The second-order valence-electron chi connectivity index (χ2n) is 10.0. The van der Waals surface area contributed by atoms with Gasteiger partial charge in [0.25, 0.3) is 0 Å². The summed E-state index contributed by atoms with van der Waals surface area (Å²) in [4.78, 5) is 20.9. The van der Waals surface area contributed by atoms with Gasteiger partial charge in [0.2, 0.25) is 24.0 Å². The average molecular weight is 443 g/mol. The summed E-state index contributed by atoms with van der Waals surface area (Å²) in [6, 6.07) is 6.17. The van der Waals surface area contributed by atoms with E-state index in [9.17, 15) is 9.90 Å². The van der Waals surface area contributed by atoms with Gasteiger partial charge in [-0.3, -0.25) is 9.69 Å². The van der Waals surface area contributed by atoms with Gasteiger partial charge in [-0.05, 0) is 65.5 Å². The highest BCUT2D eigenvalue weighted by Crippen LogP contribution is 2.34. The minimum absolute atomic E-state index is 0.0976. The maximum atomic E-state index is 12.5. The number of rotatable bonds is 5. The van der Waals surface area contributed by atoms with E-state index in [-0.39, 0.29) is 17.9 Å². The van der Waals surface area contributed by atoms with Crippen LogP contribution in [0.2, 0.25) is 0 Å². The molecule has 174 valence electrons. The molecule has 8 heteroatoms. The summed E-state index contributed by atoms with van der Waals surface area (Å²) in [7, 11) is 0. The van der Waals surface area contributed by atoms with Crippen LogP contribution in [0.15, 0.2) is 22.7 Å². The summed E-state index contributed by atoms with van der Waals surface area (Å²) in [6.45, 7) is 11.2. The van der Waals surface area contributed by atoms with Crippen molar-refractivity contribution in [3.63, 3.8) is 0 Å². The summed E-state index contributed by atoms with van der Waals surface area (Å²) in [5, 5.41) is 14.5. The summed E-state index contributed by atoms with van der Waals surface area (Å²) in [5.74, 6) is 1.48. The number of carbonyl (C=O) groups is 1. The molecule has 0 saturated carbocycles. The number of aliphatic hydroxyl groups excluding tert-OH is 1. The van der Waals surface area contributed by atoms with Crippen LogP contribution in [0.25, 0.3) is 11.4 Å². The van der Waals surface area contributed by atoms with Crippen molar-refractivity contribution in [3.8, 4) is 11.4 Å². The maximum absolute atomic E-state index is 12.5. The number of nitrogens with zero attached hydrogens (tertiary/aromatic N) is 4. The van der Waals surface area contributed by atoms with Gasteiger partial charge >= 0.3 is 0 Å². The van der Waals surface area contributed by atoms with Crippen LogP contribution < -0.4 is 4.90 Å². The Bertz CT molecular complexity index is 957. The predicted octanol–water partition coefficient (Wildman–Crippen LogP) is 3.69. The fourth-order valence-electron chi connectivity index (χ4n) is 4.48. The lowest BCUT2D eigenvalue weighted by molar-refractivity contribution is -0.242. The van der Waals surface area contributed by atoms with Gasteiger partial charge in [-0.1, -0.05) is 17.3 Å². The molecule has 32 heavy (non-hydrogen) atoms. The van der Waals surface area contributed by atoms with E-state index in [1.165, 1.54) is 5.56 Å². The molecule has 8 nitrogen and oxygen atoms in total. The Labute approximate surface area is 189 Å². The fourth-order valence-corrected chi connectivity index (χ4v) is 4.48. The third-order valence-corrected chi connectivity index (χ3v) is 6.09. The maximum Gasteiger partial charge on any atom is 0.230 e. The Morgan fingerprint density at radius 1 is 1.19 bits per heavy atom. The van der Waals surface area contributed by atoms with Crippen LogP contribution in [0.1, 0.15) is 71.3 Å². The molecule has 1 N–H and O–H groups in total. The number of anilines is 1. The van der Waals surface area contributed by atoms with Crippen LogP contribution in [-0.2, 0) is 16.0 Å². The summed E-state index contributed by atoms with van der Waals surface area (Å²) < 4.78 is 11.3. The molecule has 2 aliphatic rings. The van der Waals surface area contributed by atoms with Crippen LogP contribution in [-0.4, -0.2) is 57.2 Å². The number of fused-ring (bicyclic) bond motifs is 1. The molecule has 3 heterocycles. The quantitative estimate of drug-likeness (QED) is 0.706. The molecule has 1 aromatic carbocycles. The molecule has 0 bridgehead atoms. The third kappa shape index (κ3) is 4.87. The van der Waals surface area contributed by atoms with E-state index >= 15 is 0 Å². The molecule has 1 saturated heterocycles. The number of hydrogen-bond acceptors (Lipinski definition) is 7. The smallest absolute Gasteiger partial charge is 0.230 e. The normalized spacial score (nSPS) is 19.5. The molecular weight excluding hydrogens is 408 g/mol. The standard InChI is InChI=1S/C24H34N4O4/c1-15(2)28-19-14-18(7-6-16(19)8-9-20(28)29)21-25-22(32-26-21)17-10-12-27(13-11-17)23(30)31-24(3,4)5/h6-7,14-15,17,23,30H,8-13H2,1-5H3. The van der Waals surface area contributed by atoms with Crippen molar-refractivity contribution in [2.45, 2.75) is 84.3 Å². The largest absolute Gasteiger partial charge is 0.356 e. The number of aliphatic hydroxyl groups is 1. The van der Waals surface area contributed by atoms with E-state index in [1.54, 1.807) is 0 Å². The van der Waals surface area contributed by atoms with Crippen molar-refractivity contribution >= 4 is 11.6 Å². The molecule has 1 atom stereocenters. The number of likely N-dealkylation sites (tertiary alicyclic amines) is 1. The Balaban J connectivity index is 1.46. The number of aryl methyl sites for hydroxylation is 1. The van der Waals surface area contributed by atoms with Gasteiger partial charge in [0.1, 0.15) is 0 Å². The van der Waals surface area contributed by atoms with Crippen molar-refractivity contribution in [2.75, 3.05) is 18.0 Å². The Hall–Kier alpha value is -2.29. The van der Waals surface area contributed by atoms with Gasteiger partial charge in [0, 0.05) is 42.7 Å². The molecule has 0 radical (unpaired) electrons. The summed E-state index contributed by atoms with van der Waals surface area (Å²) >= 11 is 0. The summed E-state index contributed by atoms with van der Waals surface area (Å²) in [6.07, 6.45) is 2.03. The Kier molecular flexibility index (Phi) is 6.38. The van der Waals surface area contributed by atoms with E-state index in [4.69, 9.17) is 9.26 Å². The lowest BCUT2D eigenvalue weighted by Gasteiger charge is -2.36. The summed E-state index contributed by atoms with van der Waals surface area (Å²) in [5.41, 5.74) is 2.57. The average Bonchev–Trinajstić information content (AvgIpc) is 3.22. The monoisotopic (exact) mass is 442 g/mol. The first kappa shape index (κ1) is 22.9. The molecule has 1 fully saturated rings. The number of benzene rings is 1. The lowest BCUT2D eigenvalue weighted by atomic mass is 9.96. The van der Waals surface area contributed by atoms with E-state index in [0.717, 1.165) is 30.5 Å². The van der Waals surface area contributed by atoms with Crippen LogP contribution in [0.4, 0.5) is 5.69 Å². The molecule has 0 spiro atoms. The molecule has 2 aromatic rings. The van der Waals surface area contributed by atoms with Crippen molar-refractivity contribution in [3.05, 3.63) is 29.7 Å². The number of aromatic nitrogens is 2. The van der Waals surface area contributed by atoms with E-state index < -0.39 is 12.0 Å². The molecule has 2 aliphatic heterocycles. The SMILES string of the molecule is CC(C)N1C(=O)CCc2ccc(-c3noc(C4CCN(C(O)OC(C)(C)C)CC4)n3)cc21. The lowest BCUT2D eigenvalue weighted by Crippen LogP contribution is -2.45. The molecule has 1 unspecified atom stereocenters. The van der Waals surface area contributed by atoms with Crippen LogP contribution in [0.3, 0.4) is 0 Å². The van der Waals surface area contributed by atoms with Gasteiger partial charge in [0.15, 0.2) is 0 Å². The van der Waals surface area contributed by atoms with Gasteiger partial charge in [0.05, 0.1) is 5.60 Å². The first-order chi connectivity index (χ1) is 15.1. The zero-order chi connectivity index (χ0) is 23.0. The van der Waals surface area contributed by atoms with E-state index in [0.29, 0.717) is 31.2 Å². The van der Waals surface area contributed by atoms with Gasteiger partial charge < -0.3 is 19.3 Å². The zero-order valence-corrected chi connectivity index (χ0v) is 19.7. The number of hydrogen-bond donors (Lipinski definition) is 1. The number of carbonyl (C=O) groups excluding carboxylic acids is 1. The van der Waals surface area contributed by atoms with Crippen LogP contribution >= 0.6 is 0 Å². The highest BCUT2D eigenvalue weighted by molar-refractivity contribution is 5.97. The highest BCUT2D eigenvalue weighted by atomic mass is 16.6. The topological polar surface area (TPSA) is 91.9 Å². The number of ether oxygens (including phenoxy) is 1. The second-order valence-corrected chi connectivity index (χ2v) is 10.0. The van der Waals surface area contributed by atoms with Crippen molar-refractivity contribution < 1.29 is 19.2 Å². The first-order valence-corrected chi connectivity index (χ1v) is 11.5. The molecule has 1 aromatic heterocycles. The second kappa shape index (κ2) is 8.92. The number of amides is 1. The van der Waals surface area contributed by atoms with Crippen LogP contribution in [0.5, 0.6) is 0 Å². The van der Waals surface area contributed by atoms with Crippen molar-refractivity contribution in [1.29, 1.82) is 0 Å². The van der Waals surface area contributed by atoms with E-state index in [2.05, 4.69) is 16.2 Å². The number of piperidine rings is 1. The Morgan fingerprint density at radius 2 is 1.91 bits per heavy atom.